The Kier molecular flexibility index (Phi) is 6.87. The number of aliphatic imine (C=N–C) groups is 1. The SMILES string of the molecule is CN=C(NCc1cccc2ccccc12)N1CCN(CC(=O)NC(C)C)CC1. The average Bonchev–Trinajstić information content (AvgIpc) is 2.69. The second kappa shape index (κ2) is 9.55. The Bertz CT molecular complexity index is 819. The standard InChI is InChI=1S/C22H31N5O/c1-17(2)25-21(28)16-26-11-13-27(14-12-26)22(23-3)24-15-19-9-6-8-18-7-4-5-10-20(18)19/h4-10,17H,11-16H2,1-3H3,(H,23,24)(H,25,28). The lowest BCUT2D eigenvalue weighted by Crippen LogP contribution is -2.54. The summed E-state index contributed by atoms with van der Waals surface area (Å²) in [5.74, 6) is 1.01. The summed E-state index contributed by atoms with van der Waals surface area (Å²) in [6, 6.07) is 15.0. The molecule has 0 aliphatic carbocycles. The van der Waals surface area contributed by atoms with Crippen LogP contribution in [0.2, 0.25) is 0 Å². The van der Waals surface area contributed by atoms with Crippen molar-refractivity contribution >= 4 is 22.6 Å². The van der Waals surface area contributed by atoms with Gasteiger partial charge in [0.25, 0.3) is 0 Å². The smallest absolute Gasteiger partial charge is 0.234 e. The summed E-state index contributed by atoms with van der Waals surface area (Å²) in [6.07, 6.45) is 0. The van der Waals surface area contributed by atoms with E-state index in [2.05, 4.69) is 67.9 Å². The molecule has 2 aromatic carbocycles. The van der Waals surface area contributed by atoms with Crippen LogP contribution >= 0.6 is 0 Å². The molecule has 150 valence electrons. The molecule has 1 fully saturated rings. The first-order valence-electron chi connectivity index (χ1n) is 10.0. The molecule has 0 aromatic heterocycles. The molecule has 6 heteroatoms. The third-order valence-electron chi connectivity index (χ3n) is 5.02. The molecule has 3 rings (SSSR count). The van der Waals surface area contributed by atoms with E-state index in [1.165, 1.54) is 16.3 Å². The summed E-state index contributed by atoms with van der Waals surface area (Å²) < 4.78 is 0. The van der Waals surface area contributed by atoms with E-state index in [1.54, 1.807) is 0 Å². The number of rotatable bonds is 5. The second-order valence-corrected chi connectivity index (χ2v) is 7.52. The Morgan fingerprint density at radius 2 is 1.79 bits per heavy atom. The zero-order valence-electron chi connectivity index (χ0n) is 17.1. The lowest BCUT2D eigenvalue weighted by Gasteiger charge is -2.36. The summed E-state index contributed by atoms with van der Waals surface area (Å²) in [6.45, 7) is 8.64. The number of guanidine groups is 1. The summed E-state index contributed by atoms with van der Waals surface area (Å²) in [5.41, 5.74) is 1.27. The van der Waals surface area contributed by atoms with Gasteiger partial charge in [-0.2, -0.15) is 0 Å². The number of fused-ring (bicyclic) bond motifs is 1. The summed E-state index contributed by atoms with van der Waals surface area (Å²) >= 11 is 0. The molecule has 0 unspecified atom stereocenters. The van der Waals surface area contributed by atoms with E-state index < -0.39 is 0 Å². The number of benzene rings is 2. The summed E-state index contributed by atoms with van der Waals surface area (Å²) in [7, 11) is 1.83. The molecular formula is C22H31N5O. The third-order valence-corrected chi connectivity index (χ3v) is 5.02. The normalized spacial score (nSPS) is 15.9. The lowest BCUT2D eigenvalue weighted by molar-refractivity contribution is -0.123. The Labute approximate surface area is 167 Å². The molecule has 28 heavy (non-hydrogen) atoms. The Morgan fingerprint density at radius 3 is 2.50 bits per heavy atom. The van der Waals surface area contributed by atoms with Gasteiger partial charge in [-0.3, -0.25) is 14.7 Å². The number of amides is 1. The molecule has 0 spiro atoms. The Hall–Kier alpha value is -2.60. The molecule has 0 bridgehead atoms. The number of piperazine rings is 1. The number of hydrogen-bond donors (Lipinski definition) is 2. The second-order valence-electron chi connectivity index (χ2n) is 7.52. The number of nitrogens with zero attached hydrogens (tertiary/aromatic N) is 3. The quantitative estimate of drug-likeness (QED) is 0.615. The number of carbonyl (C=O) groups is 1. The molecule has 0 atom stereocenters. The van der Waals surface area contributed by atoms with Crippen molar-refractivity contribution in [3.63, 3.8) is 0 Å². The topological polar surface area (TPSA) is 60.0 Å². The Balaban J connectivity index is 1.53. The van der Waals surface area contributed by atoms with E-state index in [1.807, 2.05) is 20.9 Å². The van der Waals surface area contributed by atoms with Crippen LogP contribution in [-0.4, -0.2) is 67.5 Å². The van der Waals surface area contributed by atoms with E-state index in [9.17, 15) is 4.79 Å². The number of carbonyl (C=O) groups excluding carboxylic acids is 1. The van der Waals surface area contributed by atoms with Gasteiger partial charge >= 0.3 is 0 Å². The van der Waals surface area contributed by atoms with E-state index in [0.29, 0.717) is 6.54 Å². The molecule has 2 N–H and O–H groups in total. The molecule has 0 radical (unpaired) electrons. The van der Waals surface area contributed by atoms with Crippen molar-refractivity contribution in [2.24, 2.45) is 4.99 Å². The lowest BCUT2D eigenvalue weighted by atomic mass is 10.0. The molecule has 1 heterocycles. The fourth-order valence-electron chi connectivity index (χ4n) is 3.64. The van der Waals surface area contributed by atoms with E-state index in [4.69, 9.17) is 0 Å². The van der Waals surface area contributed by atoms with Gasteiger partial charge in [-0.05, 0) is 30.2 Å². The van der Waals surface area contributed by atoms with E-state index in [-0.39, 0.29) is 11.9 Å². The highest BCUT2D eigenvalue weighted by atomic mass is 16.2. The fraction of sp³-hybridized carbons (Fsp3) is 0.455. The van der Waals surface area contributed by atoms with Crippen molar-refractivity contribution in [2.45, 2.75) is 26.4 Å². The van der Waals surface area contributed by atoms with Crippen LogP contribution in [0.4, 0.5) is 0 Å². The predicted octanol–water partition coefficient (Wildman–Crippen LogP) is 2.06. The predicted molar refractivity (Wildman–Crippen MR) is 115 cm³/mol. The van der Waals surface area contributed by atoms with Crippen LogP contribution in [0.5, 0.6) is 0 Å². The molecule has 1 aliphatic rings. The molecule has 1 amide bonds. The highest BCUT2D eigenvalue weighted by molar-refractivity contribution is 5.86. The van der Waals surface area contributed by atoms with Crippen LogP contribution in [0.1, 0.15) is 19.4 Å². The molecule has 6 nitrogen and oxygen atoms in total. The maximum atomic E-state index is 12.0. The van der Waals surface area contributed by atoms with Gasteiger partial charge in [0.2, 0.25) is 5.91 Å². The van der Waals surface area contributed by atoms with Crippen LogP contribution < -0.4 is 10.6 Å². The zero-order chi connectivity index (χ0) is 19.9. The molecule has 0 saturated carbocycles. The van der Waals surface area contributed by atoms with Gasteiger partial charge in [0.1, 0.15) is 0 Å². The minimum Gasteiger partial charge on any atom is -0.353 e. The average molecular weight is 382 g/mol. The number of nitrogens with one attached hydrogen (secondary N) is 2. The highest BCUT2D eigenvalue weighted by Gasteiger charge is 2.21. The molecular weight excluding hydrogens is 350 g/mol. The van der Waals surface area contributed by atoms with Gasteiger partial charge in [0.05, 0.1) is 6.54 Å². The van der Waals surface area contributed by atoms with Crippen LogP contribution in [-0.2, 0) is 11.3 Å². The molecule has 1 aliphatic heterocycles. The van der Waals surface area contributed by atoms with Gasteiger partial charge in [0, 0.05) is 45.8 Å². The monoisotopic (exact) mass is 381 g/mol. The largest absolute Gasteiger partial charge is 0.353 e. The Morgan fingerprint density at radius 1 is 1.07 bits per heavy atom. The van der Waals surface area contributed by atoms with Crippen molar-refractivity contribution in [3.8, 4) is 0 Å². The van der Waals surface area contributed by atoms with Crippen molar-refractivity contribution in [2.75, 3.05) is 39.8 Å². The first kappa shape index (κ1) is 20.1. The minimum absolute atomic E-state index is 0.0990. The fourth-order valence-corrected chi connectivity index (χ4v) is 3.64. The molecule has 2 aromatic rings. The van der Waals surface area contributed by atoms with Crippen molar-refractivity contribution in [1.29, 1.82) is 0 Å². The minimum atomic E-state index is 0.0990. The van der Waals surface area contributed by atoms with Crippen molar-refractivity contribution in [3.05, 3.63) is 48.0 Å². The van der Waals surface area contributed by atoms with E-state index >= 15 is 0 Å². The van der Waals surface area contributed by atoms with Crippen molar-refractivity contribution < 1.29 is 4.79 Å². The highest BCUT2D eigenvalue weighted by Crippen LogP contribution is 2.18. The zero-order valence-corrected chi connectivity index (χ0v) is 17.1. The van der Waals surface area contributed by atoms with Crippen LogP contribution in [0.3, 0.4) is 0 Å². The first-order chi connectivity index (χ1) is 13.6. The van der Waals surface area contributed by atoms with Gasteiger partial charge in [-0.25, -0.2) is 0 Å². The maximum absolute atomic E-state index is 12.0. The van der Waals surface area contributed by atoms with Crippen LogP contribution in [0.25, 0.3) is 10.8 Å². The van der Waals surface area contributed by atoms with Crippen LogP contribution in [0, 0.1) is 0 Å². The molecule has 1 saturated heterocycles. The number of hydrogen-bond acceptors (Lipinski definition) is 3. The van der Waals surface area contributed by atoms with Gasteiger partial charge < -0.3 is 15.5 Å². The maximum Gasteiger partial charge on any atom is 0.234 e. The van der Waals surface area contributed by atoms with E-state index in [0.717, 1.165) is 38.7 Å². The van der Waals surface area contributed by atoms with Gasteiger partial charge in [-0.15, -0.1) is 0 Å². The summed E-state index contributed by atoms with van der Waals surface area (Å²) in [4.78, 5) is 20.9. The summed E-state index contributed by atoms with van der Waals surface area (Å²) in [5, 5.41) is 8.99. The first-order valence-corrected chi connectivity index (χ1v) is 10.0. The van der Waals surface area contributed by atoms with Gasteiger partial charge in [0.15, 0.2) is 5.96 Å². The van der Waals surface area contributed by atoms with Crippen LogP contribution in [0.15, 0.2) is 47.5 Å². The van der Waals surface area contributed by atoms with Crippen molar-refractivity contribution in [1.82, 2.24) is 20.4 Å². The third kappa shape index (κ3) is 5.23. The van der Waals surface area contributed by atoms with Gasteiger partial charge in [-0.1, -0.05) is 42.5 Å².